The number of nitrogens with zero attached hydrogens (tertiary/aromatic N) is 3. The van der Waals surface area contributed by atoms with Crippen molar-refractivity contribution in [2.24, 2.45) is 0 Å². The standard InChI is InChI=1S/C32H20F3N3S/c1-17-7-5-8-18(2)29(17)38-27-12-4-3-11-26(27)37-31(38)22-10-6-9-21-23-13-19(16-36-32(23)39-30(21)22)28-24(34)14-20(33)15-25(28)35/h3-16H,1-2H3. The molecule has 0 bridgehead atoms. The molecule has 0 amide bonds. The predicted molar refractivity (Wildman–Crippen MR) is 152 cm³/mol. The minimum Gasteiger partial charge on any atom is -0.292 e. The highest BCUT2D eigenvalue weighted by molar-refractivity contribution is 7.26. The number of rotatable bonds is 3. The van der Waals surface area contributed by atoms with Gasteiger partial charge in [-0.05, 0) is 49.2 Å². The molecule has 0 saturated heterocycles. The van der Waals surface area contributed by atoms with Crippen molar-refractivity contribution in [3.8, 4) is 28.2 Å². The van der Waals surface area contributed by atoms with Crippen LogP contribution in [0.4, 0.5) is 13.2 Å². The van der Waals surface area contributed by atoms with E-state index in [1.165, 1.54) is 17.5 Å². The molecule has 7 heteroatoms. The lowest BCUT2D eigenvalue weighted by Gasteiger charge is -2.15. The molecule has 4 aromatic carbocycles. The average Bonchev–Trinajstić information content (AvgIpc) is 3.47. The van der Waals surface area contributed by atoms with Gasteiger partial charge in [0.15, 0.2) is 0 Å². The number of pyridine rings is 1. The highest BCUT2D eigenvalue weighted by Crippen LogP contribution is 2.42. The molecule has 0 spiro atoms. The Kier molecular flexibility index (Phi) is 5.32. The summed E-state index contributed by atoms with van der Waals surface area (Å²) in [6.45, 7) is 4.19. The molecule has 39 heavy (non-hydrogen) atoms. The van der Waals surface area contributed by atoms with Crippen molar-refractivity contribution in [2.45, 2.75) is 13.8 Å². The quantitative estimate of drug-likeness (QED) is 0.226. The zero-order valence-electron chi connectivity index (χ0n) is 21.0. The number of hydrogen-bond donors (Lipinski definition) is 0. The molecule has 3 aromatic heterocycles. The lowest BCUT2D eigenvalue weighted by molar-refractivity contribution is 0.548. The van der Waals surface area contributed by atoms with Gasteiger partial charge in [-0.3, -0.25) is 4.57 Å². The first-order valence-corrected chi connectivity index (χ1v) is 13.2. The monoisotopic (exact) mass is 535 g/mol. The van der Waals surface area contributed by atoms with E-state index in [0.29, 0.717) is 12.1 Å². The number of fused-ring (bicyclic) bond motifs is 4. The summed E-state index contributed by atoms with van der Waals surface area (Å²) in [5.41, 5.74) is 6.15. The predicted octanol–water partition coefficient (Wildman–Crippen LogP) is 9.16. The van der Waals surface area contributed by atoms with Crippen LogP contribution >= 0.6 is 11.3 Å². The number of para-hydroxylation sites is 3. The average molecular weight is 536 g/mol. The first kappa shape index (κ1) is 23.6. The lowest BCUT2D eigenvalue weighted by atomic mass is 10.0. The topological polar surface area (TPSA) is 30.7 Å². The van der Waals surface area contributed by atoms with Crippen molar-refractivity contribution < 1.29 is 13.2 Å². The van der Waals surface area contributed by atoms with Gasteiger partial charge in [-0.25, -0.2) is 23.1 Å². The Bertz CT molecular complexity index is 2050. The molecule has 0 fully saturated rings. The maximum atomic E-state index is 14.6. The van der Waals surface area contributed by atoms with Crippen molar-refractivity contribution in [2.75, 3.05) is 0 Å². The normalized spacial score (nSPS) is 11.7. The lowest BCUT2D eigenvalue weighted by Crippen LogP contribution is -2.02. The number of hydrogen-bond acceptors (Lipinski definition) is 3. The van der Waals surface area contributed by atoms with Gasteiger partial charge in [-0.1, -0.05) is 42.5 Å². The summed E-state index contributed by atoms with van der Waals surface area (Å²) in [5.74, 6) is -2.07. The van der Waals surface area contributed by atoms with Gasteiger partial charge >= 0.3 is 0 Å². The molecule has 7 aromatic rings. The number of thiophene rings is 1. The van der Waals surface area contributed by atoms with Crippen LogP contribution in [0, 0.1) is 31.3 Å². The summed E-state index contributed by atoms with van der Waals surface area (Å²) in [6.07, 6.45) is 1.43. The van der Waals surface area contributed by atoms with Crippen LogP contribution in [0.15, 0.2) is 85.1 Å². The van der Waals surface area contributed by atoms with Crippen LogP contribution in [-0.4, -0.2) is 14.5 Å². The van der Waals surface area contributed by atoms with Gasteiger partial charge in [-0.15, -0.1) is 11.3 Å². The summed E-state index contributed by atoms with van der Waals surface area (Å²) < 4.78 is 45.9. The van der Waals surface area contributed by atoms with Crippen LogP contribution in [0.2, 0.25) is 0 Å². The molecule has 0 aliphatic heterocycles. The second-order valence-corrected chi connectivity index (χ2v) is 10.6. The summed E-state index contributed by atoms with van der Waals surface area (Å²) in [7, 11) is 0. The summed E-state index contributed by atoms with van der Waals surface area (Å²) >= 11 is 1.51. The molecule has 0 unspecified atom stereocenters. The summed E-state index contributed by atoms with van der Waals surface area (Å²) in [6, 6.07) is 23.4. The fourth-order valence-corrected chi connectivity index (χ4v) is 6.54. The Morgan fingerprint density at radius 3 is 2.26 bits per heavy atom. The number of aryl methyl sites for hydroxylation is 2. The smallest absolute Gasteiger partial charge is 0.147 e. The fourth-order valence-electron chi connectivity index (χ4n) is 5.40. The van der Waals surface area contributed by atoms with E-state index in [0.717, 1.165) is 59.5 Å². The Morgan fingerprint density at radius 1 is 0.769 bits per heavy atom. The maximum absolute atomic E-state index is 14.6. The number of aromatic nitrogens is 3. The molecule has 0 aliphatic rings. The van der Waals surface area contributed by atoms with Crippen molar-refractivity contribution in [1.29, 1.82) is 0 Å². The third-order valence-electron chi connectivity index (χ3n) is 7.12. The Morgan fingerprint density at radius 2 is 1.49 bits per heavy atom. The third-order valence-corrected chi connectivity index (χ3v) is 8.28. The van der Waals surface area contributed by atoms with Gasteiger partial charge in [0.25, 0.3) is 0 Å². The van der Waals surface area contributed by atoms with E-state index in [4.69, 9.17) is 4.98 Å². The Balaban J connectivity index is 1.51. The number of halogens is 3. The van der Waals surface area contributed by atoms with E-state index in [1.54, 1.807) is 6.07 Å². The summed E-state index contributed by atoms with van der Waals surface area (Å²) in [5, 5.41) is 1.68. The molecule has 7 rings (SSSR count). The van der Waals surface area contributed by atoms with Crippen LogP contribution in [0.5, 0.6) is 0 Å². The Labute approximate surface area is 225 Å². The molecule has 0 atom stereocenters. The zero-order valence-corrected chi connectivity index (χ0v) is 21.8. The van der Waals surface area contributed by atoms with E-state index < -0.39 is 17.5 Å². The minimum atomic E-state index is -0.962. The third kappa shape index (κ3) is 3.65. The Hall–Kier alpha value is -4.49. The van der Waals surface area contributed by atoms with Gasteiger partial charge < -0.3 is 0 Å². The molecule has 3 heterocycles. The first-order valence-electron chi connectivity index (χ1n) is 12.4. The fraction of sp³-hybridized carbons (Fsp3) is 0.0625. The van der Waals surface area contributed by atoms with Gasteiger partial charge in [0, 0.05) is 44.9 Å². The highest BCUT2D eigenvalue weighted by atomic mass is 32.1. The maximum Gasteiger partial charge on any atom is 0.147 e. The van der Waals surface area contributed by atoms with Crippen molar-refractivity contribution >= 4 is 42.7 Å². The van der Waals surface area contributed by atoms with Crippen LogP contribution < -0.4 is 0 Å². The summed E-state index contributed by atoms with van der Waals surface area (Å²) in [4.78, 5) is 10.4. The second-order valence-electron chi connectivity index (χ2n) is 9.61. The van der Waals surface area contributed by atoms with Crippen molar-refractivity contribution in [3.63, 3.8) is 0 Å². The molecule has 0 aliphatic carbocycles. The van der Waals surface area contributed by atoms with E-state index in [1.807, 2.05) is 36.4 Å². The molecule has 0 N–H and O–H groups in total. The molecule has 3 nitrogen and oxygen atoms in total. The van der Waals surface area contributed by atoms with Crippen LogP contribution in [0.3, 0.4) is 0 Å². The molecule has 190 valence electrons. The molecule has 0 radical (unpaired) electrons. The van der Waals surface area contributed by atoms with Crippen LogP contribution in [-0.2, 0) is 0 Å². The van der Waals surface area contributed by atoms with Gasteiger partial charge in [0.05, 0.1) is 22.3 Å². The van der Waals surface area contributed by atoms with Gasteiger partial charge in [0.2, 0.25) is 0 Å². The molecule has 0 saturated carbocycles. The van der Waals surface area contributed by atoms with E-state index in [2.05, 4.69) is 47.7 Å². The second kappa shape index (κ2) is 8.78. The van der Waals surface area contributed by atoms with Crippen molar-refractivity contribution in [1.82, 2.24) is 14.5 Å². The highest BCUT2D eigenvalue weighted by Gasteiger charge is 2.21. The first-order chi connectivity index (χ1) is 18.9. The number of benzene rings is 4. The minimum absolute atomic E-state index is 0.255. The van der Waals surface area contributed by atoms with Crippen LogP contribution in [0.25, 0.3) is 59.5 Å². The number of imidazole rings is 1. The molecular weight excluding hydrogens is 515 g/mol. The van der Waals surface area contributed by atoms with E-state index in [-0.39, 0.29) is 11.1 Å². The van der Waals surface area contributed by atoms with Crippen molar-refractivity contribution in [3.05, 3.63) is 114 Å². The van der Waals surface area contributed by atoms with Gasteiger partial charge in [0.1, 0.15) is 28.1 Å². The SMILES string of the molecule is Cc1cccc(C)c1-n1c(-c2cccc3c2sc2ncc(-c4c(F)cc(F)cc4F)cc23)nc2ccccc21. The van der Waals surface area contributed by atoms with E-state index in [9.17, 15) is 13.2 Å². The van der Waals surface area contributed by atoms with Crippen LogP contribution in [0.1, 0.15) is 11.1 Å². The van der Waals surface area contributed by atoms with E-state index >= 15 is 0 Å². The molecular formula is C32H20F3N3S. The largest absolute Gasteiger partial charge is 0.292 e. The zero-order chi connectivity index (χ0) is 26.8. The van der Waals surface area contributed by atoms with Gasteiger partial charge in [-0.2, -0.15) is 0 Å².